The van der Waals surface area contributed by atoms with Crippen molar-refractivity contribution in [2.75, 3.05) is 11.9 Å². The van der Waals surface area contributed by atoms with Crippen LogP contribution >= 0.6 is 11.3 Å². The highest BCUT2D eigenvalue weighted by atomic mass is 32.1. The second-order valence-electron chi connectivity index (χ2n) is 6.95. The molecule has 0 atom stereocenters. The molecule has 0 aliphatic heterocycles. The van der Waals surface area contributed by atoms with Crippen molar-refractivity contribution in [2.24, 2.45) is 0 Å². The first-order valence-electron chi connectivity index (χ1n) is 9.87. The SMILES string of the molecule is Cc1c(C#N)c(NC(=O)COC(=O)c2csc(-c3ncccn3)n2)n(-c2ccccc2)c1C. The summed E-state index contributed by atoms with van der Waals surface area (Å²) in [4.78, 5) is 37.3. The first-order valence-corrected chi connectivity index (χ1v) is 10.7. The molecule has 0 bridgehead atoms. The lowest BCUT2D eigenvalue weighted by molar-refractivity contribution is -0.119. The molecule has 3 heterocycles. The van der Waals surface area contributed by atoms with Gasteiger partial charge in [-0.3, -0.25) is 9.36 Å². The Balaban J connectivity index is 1.48. The van der Waals surface area contributed by atoms with Crippen LogP contribution in [0.4, 0.5) is 5.82 Å². The molecule has 1 aromatic carbocycles. The molecule has 9 nitrogen and oxygen atoms in total. The maximum absolute atomic E-state index is 12.6. The molecule has 0 aliphatic rings. The van der Waals surface area contributed by atoms with Crippen LogP contribution in [0.15, 0.2) is 54.2 Å². The van der Waals surface area contributed by atoms with Crippen molar-refractivity contribution in [1.29, 1.82) is 5.26 Å². The first kappa shape index (κ1) is 21.9. The van der Waals surface area contributed by atoms with Gasteiger partial charge in [0, 0.05) is 29.2 Å². The molecule has 1 N–H and O–H groups in total. The maximum atomic E-state index is 12.6. The number of esters is 1. The molecule has 4 rings (SSSR count). The number of rotatable bonds is 6. The van der Waals surface area contributed by atoms with E-state index in [1.807, 2.05) is 44.2 Å². The number of carbonyl (C=O) groups is 2. The van der Waals surface area contributed by atoms with Crippen LogP contribution in [0.3, 0.4) is 0 Å². The lowest BCUT2D eigenvalue weighted by Crippen LogP contribution is -2.23. The number of anilines is 1. The number of ether oxygens (including phenoxy) is 1. The molecular weight excluding hydrogens is 440 g/mol. The highest BCUT2D eigenvalue weighted by molar-refractivity contribution is 7.13. The van der Waals surface area contributed by atoms with Gasteiger partial charge in [0.15, 0.2) is 23.1 Å². The molecule has 33 heavy (non-hydrogen) atoms. The van der Waals surface area contributed by atoms with Crippen LogP contribution in [-0.4, -0.2) is 38.0 Å². The average Bonchev–Trinajstić information content (AvgIpc) is 3.42. The van der Waals surface area contributed by atoms with E-state index in [1.54, 1.807) is 23.0 Å². The Kier molecular flexibility index (Phi) is 6.24. The van der Waals surface area contributed by atoms with E-state index < -0.39 is 18.5 Å². The standard InChI is InChI=1S/C23H18N6O3S/c1-14-15(2)29(16-7-4-3-5-8-16)21(17(14)11-24)28-19(30)12-32-23(31)18-13-33-22(27-18)20-25-9-6-10-26-20/h3-10,13H,12H2,1-2H3,(H,28,30). The van der Waals surface area contributed by atoms with E-state index in [0.29, 0.717) is 22.2 Å². The fourth-order valence-electron chi connectivity index (χ4n) is 3.21. The molecule has 0 radical (unpaired) electrons. The number of aromatic nitrogens is 4. The lowest BCUT2D eigenvalue weighted by atomic mass is 10.2. The number of hydrogen-bond donors (Lipinski definition) is 1. The summed E-state index contributed by atoms with van der Waals surface area (Å²) in [6, 6.07) is 13.2. The Hall–Kier alpha value is -4.36. The zero-order chi connectivity index (χ0) is 23.4. The van der Waals surface area contributed by atoms with E-state index in [2.05, 4.69) is 26.3 Å². The highest BCUT2D eigenvalue weighted by Gasteiger charge is 2.22. The minimum absolute atomic E-state index is 0.0623. The Morgan fingerprint density at radius 3 is 2.58 bits per heavy atom. The van der Waals surface area contributed by atoms with Gasteiger partial charge in [-0.25, -0.2) is 19.7 Å². The maximum Gasteiger partial charge on any atom is 0.358 e. The summed E-state index contributed by atoms with van der Waals surface area (Å²) in [6.45, 7) is 3.16. The molecule has 3 aromatic heterocycles. The molecule has 0 fully saturated rings. The zero-order valence-corrected chi connectivity index (χ0v) is 18.6. The molecule has 0 saturated heterocycles. The van der Waals surface area contributed by atoms with Gasteiger partial charge in [0.1, 0.15) is 11.9 Å². The van der Waals surface area contributed by atoms with E-state index in [9.17, 15) is 14.9 Å². The number of nitrogens with one attached hydrogen (secondary N) is 1. The summed E-state index contributed by atoms with van der Waals surface area (Å²) in [5, 5.41) is 14.3. The lowest BCUT2D eigenvalue weighted by Gasteiger charge is -2.13. The normalized spacial score (nSPS) is 10.5. The number of carbonyl (C=O) groups excluding carboxylic acids is 2. The van der Waals surface area contributed by atoms with Gasteiger partial charge < -0.3 is 10.1 Å². The van der Waals surface area contributed by atoms with Crippen LogP contribution in [0.5, 0.6) is 0 Å². The van der Waals surface area contributed by atoms with E-state index in [1.165, 1.54) is 16.7 Å². The van der Waals surface area contributed by atoms with E-state index >= 15 is 0 Å². The van der Waals surface area contributed by atoms with Crippen molar-refractivity contribution in [3.63, 3.8) is 0 Å². The minimum atomic E-state index is -0.741. The third-order valence-electron chi connectivity index (χ3n) is 4.90. The number of nitriles is 1. The Morgan fingerprint density at radius 1 is 1.15 bits per heavy atom. The average molecular weight is 459 g/mol. The number of para-hydroxylation sites is 1. The smallest absolute Gasteiger partial charge is 0.358 e. The number of hydrogen-bond acceptors (Lipinski definition) is 8. The van der Waals surface area contributed by atoms with Crippen molar-refractivity contribution < 1.29 is 14.3 Å². The molecule has 4 aromatic rings. The van der Waals surface area contributed by atoms with Gasteiger partial charge in [-0.15, -0.1) is 11.3 Å². The zero-order valence-electron chi connectivity index (χ0n) is 17.8. The predicted octanol–water partition coefficient (Wildman–Crippen LogP) is 3.67. The van der Waals surface area contributed by atoms with Gasteiger partial charge in [-0.2, -0.15) is 5.26 Å². The molecule has 0 aliphatic carbocycles. The third kappa shape index (κ3) is 4.49. The van der Waals surface area contributed by atoms with Crippen LogP contribution in [0.25, 0.3) is 16.5 Å². The monoisotopic (exact) mass is 458 g/mol. The summed E-state index contributed by atoms with van der Waals surface area (Å²) in [5.74, 6) is -0.584. The van der Waals surface area contributed by atoms with E-state index in [4.69, 9.17) is 4.74 Å². The third-order valence-corrected chi connectivity index (χ3v) is 5.74. The van der Waals surface area contributed by atoms with Gasteiger partial charge in [-0.1, -0.05) is 18.2 Å². The van der Waals surface area contributed by atoms with Crippen LogP contribution < -0.4 is 5.32 Å². The predicted molar refractivity (Wildman–Crippen MR) is 122 cm³/mol. The Labute approximate surface area is 193 Å². The number of thiazole rings is 1. The van der Waals surface area contributed by atoms with Gasteiger partial charge in [0.25, 0.3) is 5.91 Å². The number of nitrogens with zero attached hydrogens (tertiary/aromatic N) is 5. The van der Waals surface area contributed by atoms with Gasteiger partial charge in [0.05, 0.1) is 5.56 Å². The topological polar surface area (TPSA) is 123 Å². The summed E-state index contributed by atoms with van der Waals surface area (Å²) in [7, 11) is 0. The first-order chi connectivity index (χ1) is 16.0. The minimum Gasteiger partial charge on any atom is -0.451 e. The van der Waals surface area contributed by atoms with Gasteiger partial charge >= 0.3 is 5.97 Å². The largest absolute Gasteiger partial charge is 0.451 e. The summed E-state index contributed by atoms with van der Waals surface area (Å²) in [6.07, 6.45) is 3.16. The fourth-order valence-corrected chi connectivity index (χ4v) is 3.95. The fraction of sp³-hybridized carbons (Fsp3) is 0.130. The molecule has 1 amide bonds. The van der Waals surface area contributed by atoms with Crippen LogP contribution in [-0.2, 0) is 9.53 Å². The molecule has 164 valence electrons. The quantitative estimate of drug-likeness (QED) is 0.437. The number of benzene rings is 1. The summed E-state index contributed by atoms with van der Waals surface area (Å²) in [5.41, 5.74) is 2.79. The van der Waals surface area contributed by atoms with Crippen molar-refractivity contribution >= 4 is 29.0 Å². The van der Waals surface area contributed by atoms with Gasteiger partial charge in [0.2, 0.25) is 0 Å². The molecule has 0 saturated carbocycles. The van der Waals surface area contributed by atoms with E-state index in [0.717, 1.165) is 16.9 Å². The molecule has 0 spiro atoms. The van der Waals surface area contributed by atoms with Crippen molar-refractivity contribution in [3.8, 4) is 22.6 Å². The van der Waals surface area contributed by atoms with Crippen molar-refractivity contribution in [3.05, 3.63) is 76.7 Å². The summed E-state index contributed by atoms with van der Waals surface area (Å²) >= 11 is 1.20. The molecular formula is C23H18N6O3S. The summed E-state index contributed by atoms with van der Waals surface area (Å²) < 4.78 is 6.92. The van der Waals surface area contributed by atoms with Crippen molar-refractivity contribution in [1.82, 2.24) is 19.5 Å². The molecule has 0 unspecified atom stereocenters. The second-order valence-corrected chi connectivity index (χ2v) is 7.81. The number of amides is 1. The van der Waals surface area contributed by atoms with Crippen LogP contribution in [0.1, 0.15) is 27.3 Å². The second kappa shape index (κ2) is 9.42. The van der Waals surface area contributed by atoms with Gasteiger partial charge in [-0.05, 0) is 37.6 Å². The highest BCUT2D eigenvalue weighted by Crippen LogP contribution is 2.30. The van der Waals surface area contributed by atoms with Crippen LogP contribution in [0.2, 0.25) is 0 Å². The molecule has 10 heteroatoms. The Morgan fingerprint density at radius 2 is 1.88 bits per heavy atom. The Bertz CT molecular complexity index is 1360. The van der Waals surface area contributed by atoms with Crippen molar-refractivity contribution in [2.45, 2.75) is 13.8 Å². The van der Waals surface area contributed by atoms with Crippen LogP contribution in [0, 0.1) is 25.2 Å². The van der Waals surface area contributed by atoms with E-state index in [-0.39, 0.29) is 5.69 Å².